The highest BCUT2D eigenvalue weighted by Crippen LogP contribution is 2.30. The van der Waals surface area contributed by atoms with E-state index >= 15 is 0 Å². The third kappa shape index (κ3) is 3.86. The first kappa shape index (κ1) is 16.1. The average Bonchev–Trinajstić information content (AvgIpc) is 2.46. The number of hydrogen-bond acceptors (Lipinski definition) is 3. The van der Waals surface area contributed by atoms with Gasteiger partial charge in [-0.2, -0.15) is 0 Å². The summed E-state index contributed by atoms with van der Waals surface area (Å²) in [6, 6.07) is 5.81. The molecule has 1 aromatic heterocycles. The summed E-state index contributed by atoms with van der Waals surface area (Å²) < 4.78 is 0. The summed E-state index contributed by atoms with van der Waals surface area (Å²) in [5.41, 5.74) is 2.47. The first-order valence-corrected chi connectivity index (χ1v) is 7.86. The van der Waals surface area contributed by atoms with Crippen molar-refractivity contribution >= 4 is 29.0 Å². The molecule has 0 aliphatic carbocycles. The second-order valence-electron chi connectivity index (χ2n) is 4.97. The lowest BCUT2D eigenvalue weighted by Crippen LogP contribution is -2.18. The molecule has 1 heterocycles. The maximum Gasteiger partial charge on any atom is 0.145 e. The molecule has 112 valence electrons. The van der Waals surface area contributed by atoms with Gasteiger partial charge in [0.05, 0.1) is 22.6 Å². The van der Waals surface area contributed by atoms with E-state index < -0.39 is 0 Å². The highest BCUT2D eigenvalue weighted by atomic mass is 35.5. The molecule has 1 N–H and O–H groups in total. The lowest BCUT2D eigenvalue weighted by atomic mass is 10.1. The number of nitrogens with zero attached hydrogens (tertiary/aromatic N) is 2. The molecule has 0 unspecified atom stereocenters. The van der Waals surface area contributed by atoms with E-state index in [0.29, 0.717) is 16.1 Å². The van der Waals surface area contributed by atoms with Crippen molar-refractivity contribution < 1.29 is 0 Å². The first-order valence-electron chi connectivity index (χ1n) is 7.10. The Morgan fingerprint density at radius 2 is 1.90 bits per heavy atom. The lowest BCUT2D eigenvalue weighted by Gasteiger charge is -2.16. The van der Waals surface area contributed by atoms with Crippen LogP contribution in [0, 0.1) is 6.92 Å². The zero-order chi connectivity index (χ0) is 15.4. The molecule has 21 heavy (non-hydrogen) atoms. The van der Waals surface area contributed by atoms with Crippen molar-refractivity contribution in [3.63, 3.8) is 0 Å². The minimum absolute atomic E-state index is 0.420. The molecule has 0 atom stereocenters. The van der Waals surface area contributed by atoms with Gasteiger partial charge in [-0.05, 0) is 38.0 Å². The number of rotatable bonds is 5. The molecule has 3 nitrogen and oxygen atoms in total. The highest BCUT2D eigenvalue weighted by molar-refractivity contribution is 6.36. The quantitative estimate of drug-likeness (QED) is 0.804. The van der Waals surface area contributed by atoms with Crippen LogP contribution in [-0.4, -0.2) is 16.0 Å². The van der Waals surface area contributed by atoms with Gasteiger partial charge in [0.25, 0.3) is 0 Å². The molecule has 0 spiro atoms. The van der Waals surface area contributed by atoms with Gasteiger partial charge in [0.1, 0.15) is 5.82 Å². The van der Waals surface area contributed by atoms with Crippen LogP contribution in [0.5, 0.6) is 0 Å². The molecular weight excluding hydrogens is 305 g/mol. The van der Waals surface area contributed by atoms with E-state index in [1.54, 1.807) is 18.3 Å². The van der Waals surface area contributed by atoms with Crippen molar-refractivity contribution in [2.24, 2.45) is 0 Å². The maximum absolute atomic E-state index is 6.24. The molecule has 5 heteroatoms. The van der Waals surface area contributed by atoms with Gasteiger partial charge in [0.15, 0.2) is 0 Å². The molecular formula is C16H19Cl2N3. The van der Waals surface area contributed by atoms with Gasteiger partial charge in [-0.1, -0.05) is 37.0 Å². The number of nitrogens with one attached hydrogen (secondary N) is 1. The largest absolute Gasteiger partial charge is 0.366 e. The van der Waals surface area contributed by atoms with Gasteiger partial charge >= 0.3 is 0 Å². The molecule has 0 amide bonds. The number of anilines is 1. The van der Waals surface area contributed by atoms with Crippen LogP contribution in [0.1, 0.15) is 32.4 Å². The Hall–Kier alpha value is -1.32. The zero-order valence-corrected chi connectivity index (χ0v) is 14.0. The van der Waals surface area contributed by atoms with Crippen molar-refractivity contribution in [1.29, 1.82) is 0 Å². The van der Waals surface area contributed by atoms with Crippen molar-refractivity contribution in [3.05, 3.63) is 40.1 Å². The van der Waals surface area contributed by atoms with Gasteiger partial charge in [-0.3, -0.25) is 4.98 Å². The zero-order valence-electron chi connectivity index (χ0n) is 12.5. The van der Waals surface area contributed by atoms with Gasteiger partial charge in [0, 0.05) is 16.6 Å². The number of aryl methyl sites for hydroxylation is 1. The summed E-state index contributed by atoms with van der Waals surface area (Å²) in [6.45, 7) is 6.25. The van der Waals surface area contributed by atoms with E-state index in [0.717, 1.165) is 35.6 Å². The van der Waals surface area contributed by atoms with Gasteiger partial charge in [-0.25, -0.2) is 4.98 Å². The second kappa shape index (κ2) is 7.10. The van der Waals surface area contributed by atoms with Crippen LogP contribution in [0.3, 0.4) is 0 Å². The Kier molecular flexibility index (Phi) is 5.43. The van der Waals surface area contributed by atoms with E-state index in [4.69, 9.17) is 23.2 Å². The van der Waals surface area contributed by atoms with Crippen molar-refractivity contribution in [1.82, 2.24) is 9.97 Å². The van der Waals surface area contributed by atoms with Crippen LogP contribution in [0.2, 0.25) is 10.0 Å². The van der Waals surface area contributed by atoms with E-state index in [1.165, 1.54) is 0 Å². The molecule has 0 aliphatic rings. The van der Waals surface area contributed by atoms with E-state index in [9.17, 15) is 0 Å². The van der Waals surface area contributed by atoms with Crippen molar-refractivity contribution in [2.75, 3.05) is 5.32 Å². The van der Waals surface area contributed by atoms with Crippen LogP contribution in [0.4, 0.5) is 5.82 Å². The van der Waals surface area contributed by atoms with Crippen molar-refractivity contribution in [3.8, 4) is 11.3 Å². The molecule has 2 aromatic rings. The van der Waals surface area contributed by atoms with Crippen LogP contribution in [0.25, 0.3) is 11.3 Å². The van der Waals surface area contributed by atoms with Crippen LogP contribution in [0.15, 0.2) is 24.4 Å². The highest BCUT2D eigenvalue weighted by Gasteiger charge is 2.11. The predicted octanol–water partition coefficient (Wildman–Crippen LogP) is 5.36. The van der Waals surface area contributed by atoms with E-state index in [1.807, 2.05) is 13.0 Å². The predicted molar refractivity (Wildman–Crippen MR) is 90.2 cm³/mol. The molecule has 0 saturated heterocycles. The topological polar surface area (TPSA) is 37.8 Å². The molecule has 0 aliphatic heterocycles. The molecule has 1 aromatic carbocycles. The first-order chi connectivity index (χ1) is 10.0. The number of hydrogen-bond donors (Lipinski definition) is 1. The van der Waals surface area contributed by atoms with E-state index in [2.05, 4.69) is 29.1 Å². The summed E-state index contributed by atoms with van der Waals surface area (Å²) in [6.07, 6.45) is 3.87. The maximum atomic E-state index is 6.24. The summed E-state index contributed by atoms with van der Waals surface area (Å²) in [5, 5.41) is 4.59. The van der Waals surface area contributed by atoms with E-state index in [-0.39, 0.29) is 0 Å². The standard InChI is InChI=1S/C16H19Cl2N3/c1-4-12(5-2)21-15-9-19-16(10(3)20-15)13-7-6-11(17)8-14(13)18/h6-9,12H,4-5H2,1-3H3,(H,20,21). The van der Waals surface area contributed by atoms with Crippen LogP contribution < -0.4 is 5.32 Å². The van der Waals surface area contributed by atoms with Gasteiger partial charge in [0.2, 0.25) is 0 Å². The fraction of sp³-hybridized carbons (Fsp3) is 0.375. The van der Waals surface area contributed by atoms with Gasteiger partial charge < -0.3 is 5.32 Å². The molecule has 0 saturated carbocycles. The summed E-state index contributed by atoms with van der Waals surface area (Å²) in [5.74, 6) is 0.801. The fourth-order valence-corrected chi connectivity index (χ4v) is 2.70. The third-order valence-corrected chi connectivity index (χ3v) is 4.02. The monoisotopic (exact) mass is 323 g/mol. The van der Waals surface area contributed by atoms with Crippen molar-refractivity contribution in [2.45, 2.75) is 39.7 Å². The average molecular weight is 324 g/mol. The second-order valence-corrected chi connectivity index (χ2v) is 5.81. The molecule has 0 fully saturated rings. The number of benzene rings is 1. The number of halogens is 2. The normalized spacial score (nSPS) is 11.0. The Labute approximate surface area is 135 Å². The lowest BCUT2D eigenvalue weighted by molar-refractivity contribution is 0.667. The van der Waals surface area contributed by atoms with Crippen LogP contribution in [-0.2, 0) is 0 Å². The van der Waals surface area contributed by atoms with Crippen LogP contribution >= 0.6 is 23.2 Å². The Morgan fingerprint density at radius 3 is 2.48 bits per heavy atom. The fourth-order valence-electron chi connectivity index (χ4n) is 2.20. The molecule has 2 rings (SSSR count). The smallest absolute Gasteiger partial charge is 0.145 e. The number of aromatic nitrogens is 2. The Bertz CT molecular complexity index is 625. The molecule has 0 radical (unpaired) electrons. The SMILES string of the molecule is CCC(CC)Nc1cnc(-c2ccc(Cl)cc2Cl)c(C)n1. The molecule has 0 bridgehead atoms. The Morgan fingerprint density at radius 1 is 1.19 bits per heavy atom. The third-order valence-electron chi connectivity index (χ3n) is 3.47. The Balaban J connectivity index is 2.31. The summed E-state index contributed by atoms with van der Waals surface area (Å²) >= 11 is 12.2. The summed E-state index contributed by atoms with van der Waals surface area (Å²) in [4.78, 5) is 9.09. The minimum Gasteiger partial charge on any atom is -0.366 e. The minimum atomic E-state index is 0.420. The summed E-state index contributed by atoms with van der Waals surface area (Å²) in [7, 11) is 0. The van der Waals surface area contributed by atoms with Gasteiger partial charge in [-0.15, -0.1) is 0 Å².